The van der Waals surface area contributed by atoms with Crippen LogP contribution in [-0.4, -0.2) is 43.5 Å². The van der Waals surface area contributed by atoms with Crippen LogP contribution >= 0.6 is 0 Å². The zero-order valence-corrected chi connectivity index (χ0v) is 16.1. The van der Waals surface area contributed by atoms with Crippen LogP contribution in [-0.2, 0) is 4.12 Å². The van der Waals surface area contributed by atoms with E-state index < -0.39 is 24.9 Å². The first-order valence-electron chi connectivity index (χ1n) is 6.43. The third-order valence-electron chi connectivity index (χ3n) is 3.58. The molecule has 0 heterocycles. The number of nitrogens with zero attached hydrogens (tertiary/aromatic N) is 1. The van der Waals surface area contributed by atoms with E-state index in [1.807, 2.05) is 0 Å². The summed E-state index contributed by atoms with van der Waals surface area (Å²) in [5.41, 5.74) is 2.05. The van der Waals surface area contributed by atoms with E-state index in [4.69, 9.17) is 4.12 Å². The molecule has 0 aromatic carbocycles. The van der Waals surface area contributed by atoms with Gasteiger partial charge in [-0.2, -0.15) is 0 Å². The minimum atomic E-state index is -1.61. The summed E-state index contributed by atoms with van der Waals surface area (Å²) in [6, 6.07) is 2.61. The van der Waals surface area contributed by atoms with Crippen LogP contribution in [0, 0.1) is 0 Å². The average molecular weight is 290 g/mol. The summed E-state index contributed by atoms with van der Waals surface area (Å²) in [7, 11) is 0.101. The minimum Gasteiger partial charge on any atom is -0.453 e. The molecule has 17 heavy (non-hydrogen) atoms. The van der Waals surface area contributed by atoms with Gasteiger partial charge < -0.3 is 8.68 Å². The molecule has 0 aromatic rings. The molecule has 5 heteroatoms. The average Bonchev–Trinajstić information content (AvgIpc) is 2.13. The molecular formula is C12H31NOSi3. The Hall–Kier alpha value is 0.311. The molecule has 0 atom stereocenters. The molecule has 0 rings (SSSR count). The van der Waals surface area contributed by atoms with Gasteiger partial charge in [0.1, 0.15) is 8.24 Å². The van der Waals surface area contributed by atoms with Gasteiger partial charge in [0.05, 0.1) is 0 Å². The van der Waals surface area contributed by atoms with Crippen molar-refractivity contribution in [2.24, 2.45) is 0 Å². The van der Waals surface area contributed by atoms with Crippen molar-refractivity contribution in [1.29, 1.82) is 0 Å². The van der Waals surface area contributed by atoms with E-state index in [9.17, 15) is 0 Å². The molecule has 0 aliphatic rings. The van der Waals surface area contributed by atoms with Gasteiger partial charge >= 0.3 is 0 Å². The highest BCUT2D eigenvalue weighted by Gasteiger charge is 2.34. The summed E-state index contributed by atoms with van der Waals surface area (Å²) < 4.78 is 8.85. The summed E-state index contributed by atoms with van der Waals surface area (Å²) in [5.74, 6) is 0. The van der Waals surface area contributed by atoms with Crippen molar-refractivity contribution < 1.29 is 4.12 Å². The summed E-state index contributed by atoms with van der Waals surface area (Å²) in [6.07, 6.45) is 0. The van der Waals surface area contributed by atoms with Gasteiger partial charge in [-0.05, 0) is 52.4 Å². The van der Waals surface area contributed by atoms with E-state index in [-0.39, 0.29) is 0 Å². The van der Waals surface area contributed by atoms with E-state index >= 15 is 0 Å². The van der Waals surface area contributed by atoms with Crippen LogP contribution in [0.1, 0.15) is 0 Å². The molecule has 0 radical (unpaired) electrons. The van der Waals surface area contributed by atoms with Crippen molar-refractivity contribution in [2.75, 3.05) is 14.1 Å². The quantitative estimate of drug-likeness (QED) is 0.659. The highest BCUT2D eigenvalue weighted by atomic mass is 28.4. The lowest BCUT2D eigenvalue weighted by Gasteiger charge is -2.36. The fourth-order valence-electron chi connectivity index (χ4n) is 1.64. The third-order valence-corrected chi connectivity index (χ3v) is 14.7. The van der Waals surface area contributed by atoms with E-state index in [1.54, 1.807) is 0 Å². The standard InChI is InChI=1S/C12H31NOSi3/c1-10-16(6,7)14-17(8,9)12-11-15(4,5)13(2)3/h10H,1,11-12H2,2-9H3. The second-order valence-corrected chi connectivity index (χ2v) is 20.3. The summed E-state index contributed by atoms with van der Waals surface area (Å²) in [5, 5.41) is 0. The molecule has 0 fully saturated rings. The zero-order chi connectivity index (χ0) is 13.9. The molecule has 0 aliphatic carbocycles. The Morgan fingerprint density at radius 2 is 1.47 bits per heavy atom. The largest absolute Gasteiger partial charge is 0.453 e. The maximum Gasteiger partial charge on any atom is 0.197 e. The van der Waals surface area contributed by atoms with Crippen molar-refractivity contribution in [1.82, 2.24) is 4.57 Å². The Kier molecular flexibility index (Phi) is 6.08. The lowest BCUT2D eigenvalue weighted by Crippen LogP contribution is -2.48. The van der Waals surface area contributed by atoms with Gasteiger partial charge in [0, 0.05) is 0 Å². The van der Waals surface area contributed by atoms with Gasteiger partial charge in [-0.25, -0.2) is 0 Å². The number of hydrogen-bond donors (Lipinski definition) is 0. The number of hydrogen-bond acceptors (Lipinski definition) is 2. The summed E-state index contributed by atoms with van der Waals surface area (Å²) in [4.78, 5) is 0. The maximum absolute atomic E-state index is 6.41. The van der Waals surface area contributed by atoms with E-state index in [0.717, 1.165) is 0 Å². The first-order chi connectivity index (χ1) is 7.42. The van der Waals surface area contributed by atoms with Crippen LogP contribution in [0.25, 0.3) is 0 Å². The highest BCUT2D eigenvalue weighted by molar-refractivity contribution is 6.88. The lowest BCUT2D eigenvalue weighted by molar-refractivity contribution is 0.552. The summed E-state index contributed by atoms with van der Waals surface area (Å²) >= 11 is 0. The second-order valence-electron chi connectivity index (χ2n) is 6.88. The van der Waals surface area contributed by atoms with Crippen molar-refractivity contribution >= 4 is 24.9 Å². The van der Waals surface area contributed by atoms with Gasteiger partial charge in [-0.15, -0.1) is 6.58 Å². The molecule has 102 valence electrons. The highest BCUT2D eigenvalue weighted by Crippen LogP contribution is 2.25. The van der Waals surface area contributed by atoms with Crippen LogP contribution in [0.3, 0.4) is 0 Å². The van der Waals surface area contributed by atoms with E-state index in [1.165, 1.54) is 12.1 Å². The van der Waals surface area contributed by atoms with Crippen molar-refractivity contribution in [3.8, 4) is 0 Å². The molecule has 0 saturated carbocycles. The Bertz CT molecular complexity index is 262. The van der Waals surface area contributed by atoms with E-state index in [2.05, 4.69) is 70.2 Å². The Morgan fingerprint density at radius 1 is 1.00 bits per heavy atom. The molecular weight excluding hydrogens is 258 g/mol. The first-order valence-corrected chi connectivity index (χ1v) is 15.7. The van der Waals surface area contributed by atoms with Crippen molar-refractivity contribution in [2.45, 2.75) is 51.4 Å². The predicted octanol–water partition coefficient (Wildman–Crippen LogP) is 3.91. The minimum absolute atomic E-state index is 1.20. The van der Waals surface area contributed by atoms with Crippen LogP contribution in [0.5, 0.6) is 0 Å². The molecule has 0 aliphatic heterocycles. The topological polar surface area (TPSA) is 12.5 Å². The molecule has 0 aromatic heterocycles. The fraction of sp³-hybridized carbons (Fsp3) is 0.833. The van der Waals surface area contributed by atoms with Gasteiger partial charge in [0.25, 0.3) is 0 Å². The van der Waals surface area contributed by atoms with Crippen LogP contribution in [0.15, 0.2) is 12.3 Å². The molecule has 0 amide bonds. The van der Waals surface area contributed by atoms with Gasteiger partial charge in [-0.3, -0.25) is 0 Å². The van der Waals surface area contributed by atoms with Gasteiger partial charge in [-0.1, -0.05) is 18.8 Å². The normalized spacial score (nSPS) is 14.2. The van der Waals surface area contributed by atoms with Gasteiger partial charge in [0.2, 0.25) is 0 Å². The van der Waals surface area contributed by atoms with Crippen LogP contribution < -0.4 is 0 Å². The third kappa shape index (κ3) is 6.71. The smallest absolute Gasteiger partial charge is 0.197 e. The zero-order valence-electron chi connectivity index (χ0n) is 13.1. The number of rotatable bonds is 7. The summed E-state index contributed by atoms with van der Waals surface area (Å²) in [6.45, 7) is 18.0. The molecule has 0 saturated heterocycles. The second kappa shape index (κ2) is 5.97. The SMILES string of the molecule is C=C[Si](C)(C)O[Si](C)(C)CC[Si](C)(C)N(C)C. The predicted molar refractivity (Wildman–Crippen MR) is 87.0 cm³/mol. The monoisotopic (exact) mass is 289 g/mol. The van der Waals surface area contributed by atoms with Gasteiger partial charge in [0.15, 0.2) is 16.6 Å². The van der Waals surface area contributed by atoms with Crippen LogP contribution in [0.2, 0.25) is 51.4 Å². The van der Waals surface area contributed by atoms with Crippen molar-refractivity contribution in [3.63, 3.8) is 0 Å². The molecule has 0 N–H and O–H groups in total. The Morgan fingerprint density at radius 3 is 1.82 bits per heavy atom. The van der Waals surface area contributed by atoms with E-state index in [0.29, 0.717) is 0 Å². The van der Waals surface area contributed by atoms with Crippen LogP contribution in [0.4, 0.5) is 0 Å². The lowest BCUT2D eigenvalue weighted by atomic mass is 10.9. The van der Waals surface area contributed by atoms with Crippen molar-refractivity contribution in [3.05, 3.63) is 12.3 Å². The molecule has 0 unspecified atom stereocenters. The Balaban J connectivity index is 4.42. The fourth-order valence-corrected chi connectivity index (χ4v) is 13.4. The molecule has 0 bridgehead atoms. The Labute approximate surface area is 111 Å². The molecule has 0 spiro atoms. The molecule has 2 nitrogen and oxygen atoms in total. The maximum atomic E-state index is 6.41. The first kappa shape index (κ1) is 17.3.